The highest BCUT2D eigenvalue weighted by molar-refractivity contribution is 9.10. The van der Waals surface area contributed by atoms with Crippen molar-refractivity contribution in [1.29, 1.82) is 0 Å². The predicted octanol–water partition coefficient (Wildman–Crippen LogP) is 3.29. The Balaban J connectivity index is 2.28. The van der Waals surface area contributed by atoms with Gasteiger partial charge in [0.1, 0.15) is 0 Å². The molecule has 1 amide bonds. The van der Waals surface area contributed by atoms with Gasteiger partial charge in [-0.1, -0.05) is 6.07 Å². The van der Waals surface area contributed by atoms with Crippen molar-refractivity contribution in [1.82, 2.24) is 0 Å². The first-order chi connectivity index (χ1) is 9.88. The molecular weight excluding hydrogens is 336 g/mol. The molecule has 5 nitrogen and oxygen atoms in total. The van der Waals surface area contributed by atoms with E-state index in [0.717, 1.165) is 5.56 Å². The van der Waals surface area contributed by atoms with Crippen LogP contribution in [0.4, 0.5) is 11.4 Å². The predicted molar refractivity (Wildman–Crippen MR) is 84.6 cm³/mol. The fourth-order valence-electron chi connectivity index (χ4n) is 1.73. The van der Waals surface area contributed by atoms with E-state index in [2.05, 4.69) is 21.2 Å². The molecule has 0 aliphatic heterocycles. The molecule has 21 heavy (non-hydrogen) atoms. The number of aromatic carboxylic acids is 1. The number of hydrogen-bond acceptors (Lipinski definition) is 3. The number of benzene rings is 2. The summed E-state index contributed by atoms with van der Waals surface area (Å²) in [7, 11) is 0. The van der Waals surface area contributed by atoms with Gasteiger partial charge in [0, 0.05) is 15.7 Å². The number of nitrogen functional groups attached to an aromatic ring is 1. The van der Waals surface area contributed by atoms with Gasteiger partial charge in [0.05, 0.1) is 11.3 Å². The molecule has 0 heterocycles. The van der Waals surface area contributed by atoms with Gasteiger partial charge in [-0.3, -0.25) is 4.79 Å². The highest BCUT2D eigenvalue weighted by Gasteiger charge is 2.12. The number of carbonyl (C=O) groups excluding carboxylic acids is 1. The first-order valence-electron chi connectivity index (χ1n) is 6.09. The van der Waals surface area contributed by atoms with Gasteiger partial charge in [-0.05, 0) is 58.7 Å². The fraction of sp³-hybridized carbons (Fsp3) is 0.0667. The van der Waals surface area contributed by atoms with E-state index >= 15 is 0 Å². The number of anilines is 2. The Hall–Kier alpha value is -2.34. The number of amides is 1. The molecule has 0 fully saturated rings. The lowest BCUT2D eigenvalue weighted by atomic mass is 10.1. The van der Waals surface area contributed by atoms with Crippen LogP contribution >= 0.6 is 15.9 Å². The van der Waals surface area contributed by atoms with Gasteiger partial charge in [0.15, 0.2) is 0 Å². The molecule has 0 bridgehead atoms. The largest absolute Gasteiger partial charge is 0.478 e. The minimum absolute atomic E-state index is 0.0944. The van der Waals surface area contributed by atoms with Gasteiger partial charge >= 0.3 is 5.97 Å². The van der Waals surface area contributed by atoms with E-state index in [1.807, 2.05) is 6.92 Å². The van der Waals surface area contributed by atoms with E-state index in [0.29, 0.717) is 21.4 Å². The SMILES string of the molecule is Cc1ccc(C(=O)Nc2cc(C(=O)O)ccc2Br)cc1N. The van der Waals surface area contributed by atoms with Crippen LogP contribution in [0, 0.1) is 6.92 Å². The van der Waals surface area contributed by atoms with Crippen molar-refractivity contribution >= 4 is 39.2 Å². The van der Waals surface area contributed by atoms with Crippen LogP contribution in [0.2, 0.25) is 0 Å². The second-order valence-corrected chi connectivity index (χ2v) is 5.38. The molecular formula is C15H13BrN2O3. The topological polar surface area (TPSA) is 92.4 Å². The summed E-state index contributed by atoms with van der Waals surface area (Å²) in [5, 5.41) is 11.6. The van der Waals surface area contributed by atoms with E-state index in [9.17, 15) is 9.59 Å². The summed E-state index contributed by atoms with van der Waals surface area (Å²) in [6.45, 7) is 1.85. The third-order valence-electron chi connectivity index (χ3n) is 3.00. The van der Waals surface area contributed by atoms with E-state index < -0.39 is 5.97 Å². The first-order valence-corrected chi connectivity index (χ1v) is 6.88. The van der Waals surface area contributed by atoms with E-state index in [-0.39, 0.29) is 11.5 Å². The molecule has 6 heteroatoms. The molecule has 0 unspecified atom stereocenters. The average molecular weight is 349 g/mol. The Morgan fingerprint density at radius 1 is 1.14 bits per heavy atom. The van der Waals surface area contributed by atoms with Gasteiger partial charge in [-0.15, -0.1) is 0 Å². The molecule has 0 aliphatic rings. The molecule has 0 aromatic heterocycles. The number of hydrogen-bond donors (Lipinski definition) is 3. The maximum Gasteiger partial charge on any atom is 0.335 e. The van der Waals surface area contributed by atoms with Crippen LogP contribution in [0.5, 0.6) is 0 Å². The number of nitrogens with two attached hydrogens (primary N) is 1. The molecule has 0 saturated heterocycles. The van der Waals surface area contributed by atoms with Crippen molar-refractivity contribution in [2.75, 3.05) is 11.1 Å². The zero-order valence-corrected chi connectivity index (χ0v) is 12.8. The summed E-state index contributed by atoms with van der Waals surface area (Å²) < 4.78 is 0.598. The molecule has 2 rings (SSSR count). The summed E-state index contributed by atoms with van der Waals surface area (Å²) in [6.07, 6.45) is 0. The van der Waals surface area contributed by atoms with Crippen molar-refractivity contribution in [3.63, 3.8) is 0 Å². The lowest BCUT2D eigenvalue weighted by molar-refractivity contribution is 0.0696. The number of carboxylic acid groups (broad SMARTS) is 1. The van der Waals surface area contributed by atoms with Gasteiger partial charge in [-0.2, -0.15) is 0 Å². The molecule has 0 spiro atoms. The monoisotopic (exact) mass is 348 g/mol. The van der Waals surface area contributed by atoms with Gasteiger partial charge in [-0.25, -0.2) is 4.79 Å². The smallest absolute Gasteiger partial charge is 0.335 e. The summed E-state index contributed by atoms with van der Waals surface area (Å²) >= 11 is 3.27. The van der Waals surface area contributed by atoms with Crippen molar-refractivity contribution < 1.29 is 14.7 Å². The lowest BCUT2D eigenvalue weighted by Crippen LogP contribution is -2.13. The minimum Gasteiger partial charge on any atom is -0.478 e. The van der Waals surface area contributed by atoms with E-state index in [4.69, 9.17) is 10.8 Å². The first kappa shape index (κ1) is 15.1. The quantitative estimate of drug-likeness (QED) is 0.742. The van der Waals surface area contributed by atoms with Crippen LogP contribution in [0.25, 0.3) is 0 Å². The number of halogens is 1. The number of rotatable bonds is 3. The second-order valence-electron chi connectivity index (χ2n) is 4.53. The number of nitrogens with one attached hydrogen (secondary N) is 1. The second kappa shape index (κ2) is 5.97. The third kappa shape index (κ3) is 3.41. The number of carboxylic acids is 1. The summed E-state index contributed by atoms with van der Waals surface area (Å²) in [4.78, 5) is 23.1. The Labute approximate surface area is 129 Å². The normalized spacial score (nSPS) is 10.2. The molecule has 4 N–H and O–H groups in total. The van der Waals surface area contributed by atoms with Gasteiger partial charge < -0.3 is 16.2 Å². The van der Waals surface area contributed by atoms with Crippen molar-refractivity contribution in [3.05, 3.63) is 57.6 Å². The van der Waals surface area contributed by atoms with Gasteiger partial charge in [0.25, 0.3) is 5.91 Å². The molecule has 0 aliphatic carbocycles. The average Bonchev–Trinajstić information content (AvgIpc) is 2.43. The maximum atomic E-state index is 12.2. The van der Waals surface area contributed by atoms with E-state index in [1.54, 1.807) is 24.3 Å². The molecule has 0 radical (unpaired) electrons. The fourth-order valence-corrected chi connectivity index (χ4v) is 2.08. The van der Waals surface area contributed by atoms with Crippen LogP contribution in [0.3, 0.4) is 0 Å². The highest BCUT2D eigenvalue weighted by Crippen LogP contribution is 2.24. The van der Waals surface area contributed by atoms with Crippen molar-refractivity contribution in [2.45, 2.75) is 6.92 Å². The van der Waals surface area contributed by atoms with Crippen LogP contribution < -0.4 is 11.1 Å². The van der Waals surface area contributed by atoms with E-state index in [1.165, 1.54) is 12.1 Å². The highest BCUT2D eigenvalue weighted by atomic mass is 79.9. The Morgan fingerprint density at radius 3 is 2.43 bits per heavy atom. The van der Waals surface area contributed by atoms with Crippen molar-refractivity contribution in [3.8, 4) is 0 Å². The molecule has 108 valence electrons. The zero-order valence-electron chi connectivity index (χ0n) is 11.2. The van der Waals surface area contributed by atoms with Crippen LogP contribution in [-0.2, 0) is 0 Å². The summed E-state index contributed by atoms with van der Waals surface area (Å²) in [5.41, 5.74) is 8.09. The molecule has 0 atom stereocenters. The maximum absolute atomic E-state index is 12.2. The molecule has 0 saturated carbocycles. The Bertz CT molecular complexity index is 729. The Morgan fingerprint density at radius 2 is 1.81 bits per heavy atom. The lowest BCUT2D eigenvalue weighted by Gasteiger charge is -2.09. The van der Waals surface area contributed by atoms with Crippen molar-refractivity contribution in [2.24, 2.45) is 0 Å². The molecule has 2 aromatic carbocycles. The molecule has 2 aromatic rings. The van der Waals surface area contributed by atoms with Crippen LogP contribution in [0.15, 0.2) is 40.9 Å². The van der Waals surface area contributed by atoms with Crippen LogP contribution in [-0.4, -0.2) is 17.0 Å². The number of carbonyl (C=O) groups is 2. The standard InChI is InChI=1S/C15H13BrN2O3/c1-8-2-3-9(6-12(8)17)14(19)18-13-7-10(15(20)21)4-5-11(13)16/h2-7H,17H2,1H3,(H,18,19)(H,20,21). The van der Waals surface area contributed by atoms with Gasteiger partial charge in [0.2, 0.25) is 0 Å². The summed E-state index contributed by atoms with van der Waals surface area (Å²) in [6, 6.07) is 9.42. The van der Waals surface area contributed by atoms with Crippen LogP contribution in [0.1, 0.15) is 26.3 Å². The number of aryl methyl sites for hydroxylation is 1. The summed E-state index contributed by atoms with van der Waals surface area (Å²) in [5.74, 6) is -1.41. The zero-order chi connectivity index (χ0) is 15.6. The third-order valence-corrected chi connectivity index (χ3v) is 3.69. The Kier molecular flexibility index (Phi) is 4.28. The minimum atomic E-state index is -1.06.